The number of rotatable bonds is 3. The number of benzene rings is 2. The van der Waals surface area contributed by atoms with Crippen molar-refractivity contribution in [3.05, 3.63) is 52.6 Å². The molecule has 3 aromatic rings. The molecule has 0 bridgehead atoms. The quantitative estimate of drug-likeness (QED) is 0.667. The van der Waals surface area contributed by atoms with Crippen molar-refractivity contribution >= 4 is 32.6 Å². The number of thiazole rings is 1. The van der Waals surface area contributed by atoms with E-state index in [1.165, 1.54) is 15.8 Å². The Morgan fingerprint density at radius 3 is 2.46 bits per heavy atom. The van der Waals surface area contributed by atoms with Gasteiger partial charge in [0.25, 0.3) is 5.91 Å². The third-order valence-electron chi connectivity index (χ3n) is 5.36. The fourth-order valence-corrected chi connectivity index (χ4v) is 4.83. The van der Waals surface area contributed by atoms with Crippen LogP contribution in [0.1, 0.15) is 27.0 Å². The number of carbonyl (C=O) groups excluding carboxylic acids is 1. The number of amides is 1. The standard InChI is InChI=1S/C22H25N3O2S/c1-14-5-7-17(16(3)13-14)21(26)24-9-11-25(12-10-24)22-23-19-18(27-4)8-6-15(2)20(19)28-22/h5-8,13H,9-12H2,1-4H3. The molecule has 0 aliphatic carbocycles. The van der Waals surface area contributed by atoms with Gasteiger partial charge < -0.3 is 14.5 Å². The third kappa shape index (κ3) is 3.33. The maximum Gasteiger partial charge on any atom is 0.254 e. The Morgan fingerprint density at radius 1 is 1.04 bits per heavy atom. The number of aryl methyl sites for hydroxylation is 3. The molecule has 1 saturated heterocycles. The van der Waals surface area contributed by atoms with Crippen LogP contribution in [0, 0.1) is 20.8 Å². The average molecular weight is 396 g/mol. The number of carbonyl (C=O) groups is 1. The highest BCUT2D eigenvalue weighted by molar-refractivity contribution is 7.22. The Bertz CT molecular complexity index is 1040. The first-order chi connectivity index (χ1) is 13.5. The molecule has 2 aromatic carbocycles. The second kappa shape index (κ2) is 7.43. The number of hydrogen-bond acceptors (Lipinski definition) is 5. The monoisotopic (exact) mass is 395 g/mol. The maximum atomic E-state index is 12.9. The van der Waals surface area contributed by atoms with Gasteiger partial charge in [0.1, 0.15) is 11.3 Å². The zero-order chi connectivity index (χ0) is 19.8. The van der Waals surface area contributed by atoms with Crippen molar-refractivity contribution in [2.45, 2.75) is 20.8 Å². The molecule has 0 radical (unpaired) electrons. The van der Waals surface area contributed by atoms with E-state index in [2.05, 4.69) is 30.9 Å². The highest BCUT2D eigenvalue weighted by atomic mass is 32.1. The van der Waals surface area contributed by atoms with Crippen molar-refractivity contribution in [1.82, 2.24) is 9.88 Å². The van der Waals surface area contributed by atoms with Crippen LogP contribution < -0.4 is 9.64 Å². The van der Waals surface area contributed by atoms with Crippen LogP contribution in [-0.2, 0) is 0 Å². The Balaban J connectivity index is 1.50. The summed E-state index contributed by atoms with van der Waals surface area (Å²) >= 11 is 1.70. The van der Waals surface area contributed by atoms with Crippen LogP contribution in [0.15, 0.2) is 30.3 Å². The Labute approximate surface area is 169 Å². The van der Waals surface area contributed by atoms with Crippen LogP contribution >= 0.6 is 11.3 Å². The second-order valence-corrected chi connectivity index (χ2v) is 8.33. The zero-order valence-corrected chi connectivity index (χ0v) is 17.6. The van der Waals surface area contributed by atoms with E-state index in [1.54, 1.807) is 18.4 Å². The lowest BCUT2D eigenvalue weighted by Crippen LogP contribution is -2.48. The van der Waals surface area contributed by atoms with Gasteiger partial charge in [-0.2, -0.15) is 0 Å². The van der Waals surface area contributed by atoms with Gasteiger partial charge in [-0.25, -0.2) is 4.98 Å². The molecule has 1 fully saturated rings. The van der Waals surface area contributed by atoms with Crippen LogP contribution in [0.5, 0.6) is 5.75 Å². The van der Waals surface area contributed by atoms with E-state index in [9.17, 15) is 4.79 Å². The van der Waals surface area contributed by atoms with Crippen LogP contribution in [0.2, 0.25) is 0 Å². The van der Waals surface area contributed by atoms with Gasteiger partial charge in [-0.05, 0) is 44.0 Å². The molecule has 2 heterocycles. The summed E-state index contributed by atoms with van der Waals surface area (Å²) in [4.78, 5) is 22.0. The summed E-state index contributed by atoms with van der Waals surface area (Å²) in [6, 6.07) is 10.1. The molecule has 6 heteroatoms. The average Bonchev–Trinajstić information content (AvgIpc) is 3.14. The minimum atomic E-state index is 0.124. The molecule has 4 rings (SSSR count). The summed E-state index contributed by atoms with van der Waals surface area (Å²) in [6.45, 7) is 9.15. The van der Waals surface area contributed by atoms with Crippen molar-refractivity contribution in [2.75, 3.05) is 38.2 Å². The van der Waals surface area contributed by atoms with Crippen LogP contribution in [0.4, 0.5) is 5.13 Å². The van der Waals surface area contributed by atoms with Gasteiger partial charge in [-0.3, -0.25) is 4.79 Å². The highest BCUT2D eigenvalue weighted by Gasteiger charge is 2.25. The zero-order valence-electron chi connectivity index (χ0n) is 16.8. The van der Waals surface area contributed by atoms with Gasteiger partial charge in [-0.1, -0.05) is 35.1 Å². The Morgan fingerprint density at radius 2 is 1.79 bits per heavy atom. The first-order valence-electron chi connectivity index (χ1n) is 9.53. The lowest BCUT2D eigenvalue weighted by atomic mass is 10.0. The van der Waals surface area contributed by atoms with E-state index in [-0.39, 0.29) is 5.91 Å². The number of aromatic nitrogens is 1. The van der Waals surface area contributed by atoms with Crippen LogP contribution in [0.3, 0.4) is 0 Å². The van der Waals surface area contributed by atoms with E-state index in [0.29, 0.717) is 13.1 Å². The van der Waals surface area contributed by atoms with Crippen molar-refractivity contribution in [3.8, 4) is 5.75 Å². The van der Waals surface area contributed by atoms with Gasteiger partial charge in [0.05, 0.1) is 11.8 Å². The molecule has 1 aliphatic heterocycles. The molecule has 0 spiro atoms. The maximum absolute atomic E-state index is 12.9. The predicted octanol–water partition coefficient (Wildman–Crippen LogP) is 4.19. The largest absolute Gasteiger partial charge is 0.494 e. The number of fused-ring (bicyclic) bond motifs is 1. The smallest absolute Gasteiger partial charge is 0.254 e. The predicted molar refractivity (Wildman–Crippen MR) is 115 cm³/mol. The van der Waals surface area contributed by atoms with E-state index >= 15 is 0 Å². The van der Waals surface area contributed by atoms with Gasteiger partial charge >= 0.3 is 0 Å². The van der Waals surface area contributed by atoms with Gasteiger partial charge in [-0.15, -0.1) is 0 Å². The third-order valence-corrected chi connectivity index (χ3v) is 6.61. The van der Waals surface area contributed by atoms with Gasteiger partial charge in [0, 0.05) is 31.7 Å². The molecule has 5 nitrogen and oxygen atoms in total. The minimum Gasteiger partial charge on any atom is -0.494 e. The van der Waals surface area contributed by atoms with Crippen LogP contribution in [-0.4, -0.2) is 49.1 Å². The first-order valence-corrected chi connectivity index (χ1v) is 10.3. The summed E-state index contributed by atoms with van der Waals surface area (Å²) in [5.74, 6) is 0.936. The number of nitrogens with zero attached hydrogens (tertiary/aromatic N) is 3. The van der Waals surface area contributed by atoms with Crippen molar-refractivity contribution in [1.29, 1.82) is 0 Å². The number of methoxy groups -OCH3 is 1. The SMILES string of the molecule is COc1ccc(C)c2sc(N3CCN(C(=O)c4ccc(C)cc4C)CC3)nc12. The van der Waals surface area contributed by atoms with Crippen molar-refractivity contribution in [2.24, 2.45) is 0 Å². The topological polar surface area (TPSA) is 45.7 Å². The highest BCUT2D eigenvalue weighted by Crippen LogP contribution is 2.36. The molecular weight excluding hydrogens is 370 g/mol. The molecule has 0 N–H and O–H groups in total. The molecule has 1 aliphatic rings. The van der Waals surface area contributed by atoms with E-state index in [0.717, 1.165) is 40.6 Å². The second-order valence-electron chi connectivity index (χ2n) is 7.36. The van der Waals surface area contributed by atoms with E-state index in [4.69, 9.17) is 9.72 Å². The minimum absolute atomic E-state index is 0.124. The molecular formula is C22H25N3O2S. The summed E-state index contributed by atoms with van der Waals surface area (Å²) in [7, 11) is 1.68. The van der Waals surface area contributed by atoms with Crippen molar-refractivity contribution in [3.63, 3.8) is 0 Å². The molecule has 1 amide bonds. The van der Waals surface area contributed by atoms with Crippen molar-refractivity contribution < 1.29 is 9.53 Å². The summed E-state index contributed by atoms with van der Waals surface area (Å²) in [5.41, 5.74) is 5.17. The Kier molecular flexibility index (Phi) is 4.98. The fraction of sp³-hybridized carbons (Fsp3) is 0.364. The number of ether oxygens (including phenoxy) is 1. The summed E-state index contributed by atoms with van der Waals surface area (Å²) in [6.07, 6.45) is 0. The molecule has 0 saturated carbocycles. The fourth-order valence-electron chi connectivity index (χ4n) is 3.72. The summed E-state index contributed by atoms with van der Waals surface area (Å²) < 4.78 is 6.64. The number of anilines is 1. The van der Waals surface area contributed by atoms with Gasteiger partial charge in [0.2, 0.25) is 0 Å². The Hall–Kier alpha value is -2.60. The van der Waals surface area contributed by atoms with Crippen LogP contribution in [0.25, 0.3) is 10.2 Å². The normalized spacial score (nSPS) is 14.6. The molecule has 146 valence electrons. The lowest BCUT2D eigenvalue weighted by Gasteiger charge is -2.34. The lowest BCUT2D eigenvalue weighted by molar-refractivity contribution is 0.0746. The van der Waals surface area contributed by atoms with Gasteiger partial charge in [0.15, 0.2) is 5.13 Å². The molecule has 1 aromatic heterocycles. The number of hydrogen-bond donors (Lipinski definition) is 0. The first kappa shape index (κ1) is 18.7. The van der Waals surface area contributed by atoms with E-state index < -0.39 is 0 Å². The molecule has 28 heavy (non-hydrogen) atoms. The number of piperazine rings is 1. The van der Waals surface area contributed by atoms with E-state index in [1.807, 2.05) is 30.0 Å². The molecule has 0 atom stereocenters. The summed E-state index contributed by atoms with van der Waals surface area (Å²) in [5, 5.41) is 1.00. The molecule has 0 unspecified atom stereocenters.